The van der Waals surface area contributed by atoms with Gasteiger partial charge < -0.3 is 10.6 Å². The molecule has 10 nitrogen and oxygen atoms in total. The second-order valence-corrected chi connectivity index (χ2v) is 9.00. The van der Waals surface area contributed by atoms with Crippen molar-refractivity contribution in [3.63, 3.8) is 0 Å². The summed E-state index contributed by atoms with van der Waals surface area (Å²) in [7, 11) is -4.81. The first-order valence-corrected chi connectivity index (χ1v) is 11.0. The first-order chi connectivity index (χ1) is 15.0. The molecule has 1 unspecified atom stereocenters. The zero-order valence-corrected chi connectivity index (χ0v) is 18.3. The average Bonchev–Trinajstić information content (AvgIpc) is 2.73. The molecule has 2 heterocycles. The number of fused-ring (bicyclic) bond motifs is 1. The maximum atomic E-state index is 14.2. The van der Waals surface area contributed by atoms with Gasteiger partial charge in [0, 0.05) is 5.57 Å². The van der Waals surface area contributed by atoms with Gasteiger partial charge in [0.15, 0.2) is 11.6 Å². The number of urea groups is 1. The van der Waals surface area contributed by atoms with Crippen LogP contribution in [0.25, 0.3) is 0 Å². The van der Waals surface area contributed by atoms with Crippen LogP contribution in [0.15, 0.2) is 28.3 Å². The molecule has 2 aliphatic rings. The van der Waals surface area contributed by atoms with Crippen LogP contribution in [0.4, 0.5) is 19.3 Å². The minimum absolute atomic E-state index is 0.137. The van der Waals surface area contributed by atoms with Crippen molar-refractivity contribution in [1.29, 1.82) is 5.26 Å². The maximum absolute atomic E-state index is 14.2. The van der Waals surface area contributed by atoms with Gasteiger partial charge in [-0.2, -0.15) is 5.26 Å². The standard InChI is InChI=1S/C19H20F2N6O4S/c1-4-26-9-23-17(10(2)14(26)7-22)11(3)24-15(28)8-27-19(29)25-13-6-5-12(20)16(21)18(13)32(27,30)31/h5-6,9,11,14H,4,8H2,1-3H3,(H2,24,25,28,29)/p+1/t11-,14?/m1/s1. The Morgan fingerprint density at radius 3 is 2.72 bits per heavy atom. The fourth-order valence-electron chi connectivity index (χ4n) is 3.57. The van der Waals surface area contributed by atoms with Crippen molar-refractivity contribution in [2.45, 2.75) is 37.8 Å². The third-order valence-corrected chi connectivity index (χ3v) is 6.99. The predicted molar refractivity (Wildman–Crippen MR) is 109 cm³/mol. The Morgan fingerprint density at radius 1 is 1.41 bits per heavy atom. The van der Waals surface area contributed by atoms with Gasteiger partial charge in [-0.3, -0.25) is 4.79 Å². The van der Waals surface area contributed by atoms with Gasteiger partial charge in [-0.05, 0) is 32.9 Å². The predicted octanol–water partition coefficient (Wildman–Crippen LogP) is 0.836. The number of nitriles is 1. The van der Waals surface area contributed by atoms with Crippen LogP contribution in [0, 0.1) is 23.0 Å². The summed E-state index contributed by atoms with van der Waals surface area (Å²) in [6, 6.07) is 1.41. The van der Waals surface area contributed by atoms with Crippen LogP contribution in [0.2, 0.25) is 0 Å². The lowest BCUT2D eigenvalue weighted by atomic mass is 10.0. The number of amides is 3. The molecule has 170 valence electrons. The number of likely N-dealkylation sites (N-methyl/N-ethyl adjacent to an activating group) is 1. The molecular weight excluding hydrogens is 446 g/mol. The van der Waals surface area contributed by atoms with E-state index in [4.69, 9.17) is 0 Å². The van der Waals surface area contributed by atoms with E-state index in [1.54, 1.807) is 24.8 Å². The van der Waals surface area contributed by atoms with Gasteiger partial charge in [0.2, 0.25) is 18.3 Å². The van der Waals surface area contributed by atoms with Crippen LogP contribution in [0.3, 0.4) is 0 Å². The molecule has 1 aromatic rings. The number of hydrogen-bond donors (Lipinski definition) is 3. The second-order valence-electron chi connectivity index (χ2n) is 7.20. The molecule has 1 aromatic carbocycles. The van der Waals surface area contributed by atoms with Crippen LogP contribution in [0.5, 0.6) is 0 Å². The van der Waals surface area contributed by atoms with Crippen molar-refractivity contribution in [2.75, 3.05) is 18.4 Å². The normalized spacial score (nSPS) is 20.4. The summed E-state index contributed by atoms with van der Waals surface area (Å²) < 4.78 is 55.1. The van der Waals surface area contributed by atoms with Gasteiger partial charge in [-0.15, -0.1) is 0 Å². The molecule has 0 aliphatic carbocycles. The van der Waals surface area contributed by atoms with Crippen molar-refractivity contribution >= 4 is 34.0 Å². The van der Waals surface area contributed by atoms with Crippen molar-refractivity contribution < 1.29 is 31.4 Å². The Hall–Kier alpha value is -3.53. The maximum Gasteiger partial charge on any atom is 0.336 e. The fourth-order valence-corrected chi connectivity index (χ4v) is 5.07. The van der Waals surface area contributed by atoms with Crippen molar-refractivity contribution in [3.05, 3.63) is 35.0 Å². The number of sulfonamides is 1. The molecular formula is C19H21F2N6O4S+. The fraction of sp³-hybridized carbons (Fsp3) is 0.368. The topological polar surface area (TPSA) is 134 Å². The van der Waals surface area contributed by atoms with E-state index in [2.05, 4.69) is 22.0 Å². The third kappa shape index (κ3) is 3.89. The van der Waals surface area contributed by atoms with E-state index in [0.29, 0.717) is 23.9 Å². The van der Waals surface area contributed by atoms with E-state index in [9.17, 15) is 32.0 Å². The largest absolute Gasteiger partial charge is 0.344 e. The highest BCUT2D eigenvalue weighted by Crippen LogP contribution is 2.33. The number of rotatable bonds is 5. The lowest BCUT2D eigenvalue weighted by molar-refractivity contribution is -0.539. The quantitative estimate of drug-likeness (QED) is 0.550. The Labute approximate surface area is 183 Å². The summed E-state index contributed by atoms with van der Waals surface area (Å²) in [6.45, 7) is 4.85. The highest BCUT2D eigenvalue weighted by atomic mass is 32.2. The van der Waals surface area contributed by atoms with Gasteiger partial charge in [-0.1, -0.05) is 0 Å². The van der Waals surface area contributed by atoms with Crippen molar-refractivity contribution in [1.82, 2.24) is 14.9 Å². The number of halogens is 2. The zero-order valence-electron chi connectivity index (χ0n) is 17.4. The summed E-state index contributed by atoms with van der Waals surface area (Å²) >= 11 is 0. The zero-order chi connectivity index (χ0) is 23.8. The number of nitrogens with zero attached hydrogens (tertiary/aromatic N) is 3. The van der Waals surface area contributed by atoms with Gasteiger partial charge in [-0.25, -0.2) is 36.2 Å². The number of nitrogens with one attached hydrogen (secondary N) is 3. The molecule has 0 bridgehead atoms. The van der Waals surface area contributed by atoms with Gasteiger partial charge in [0.25, 0.3) is 10.0 Å². The molecule has 2 aliphatic heterocycles. The Kier molecular flexibility index (Phi) is 6.18. The number of carbonyl (C=O) groups is 2. The monoisotopic (exact) mass is 467 g/mol. The summed E-state index contributed by atoms with van der Waals surface area (Å²) in [5.41, 5.74) is 0.795. The lowest BCUT2D eigenvalue weighted by Crippen LogP contribution is -2.51. The van der Waals surface area contributed by atoms with Gasteiger partial charge >= 0.3 is 6.03 Å². The SMILES string of the molecule is CC[N+]1=CNC([C@@H](C)NC(=O)CN2C(=O)Nc3ccc(F)c(F)c3S2(=O)=O)=C(C)C1C#N. The first kappa shape index (κ1) is 23.1. The summed E-state index contributed by atoms with van der Waals surface area (Å²) in [5.74, 6) is -3.91. The first-order valence-electron chi connectivity index (χ1n) is 9.59. The molecule has 0 aromatic heterocycles. The third-order valence-electron chi connectivity index (χ3n) is 5.20. The molecule has 13 heteroatoms. The van der Waals surface area contributed by atoms with E-state index in [-0.39, 0.29) is 4.31 Å². The van der Waals surface area contributed by atoms with E-state index >= 15 is 0 Å². The van der Waals surface area contributed by atoms with E-state index in [1.165, 1.54) is 0 Å². The number of carbonyl (C=O) groups excluding carboxylic acids is 2. The van der Waals surface area contributed by atoms with E-state index in [0.717, 1.165) is 6.07 Å². The molecule has 3 amide bonds. The second kappa shape index (κ2) is 8.54. The number of anilines is 1. The molecule has 32 heavy (non-hydrogen) atoms. The van der Waals surface area contributed by atoms with Crippen LogP contribution < -0.4 is 16.0 Å². The van der Waals surface area contributed by atoms with Gasteiger partial charge in [0.05, 0.1) is 18.3 Å². The summed E-state index contributed by atoms with van der Waals surface area (Å²) in [5, 5.41) is 17.1. The minimum atomic E-state index is -4.81. The van der Waals surface area contributed by atoms with Crippen LogP contribution in [0.1, 0.15) is 20.8 Å². The Bertz CT molecular complexity index is 1200. The number of benzene rings is 1. The van der Waals surface area contributed by atoms with Crippen molar-refractivity contribution in [3.8, 4) is 6.07 Å². The highest BCUT2D eigenvalue weighted by molar-refractivity contribution is 7.90. The molecule has 0 saturated carbocycles. The lowest BCUT2D eigenvalue weighted by Gasteiger charge is -2.29. The van der Waals surface area contributed by atoms with E-state index < -0.39 is 62.8 Å². The smallest absolute Gasteiger partial charge is 0.336 e. The van der Waals surface area contributed by atoms with Gasteiger partial charge in [0.1, 0.15) is 23.2 Å². The van der Waals surface area contributed by atoms with Crippen LogP contribution >= 0.6 is 0 Å². The van der Waals surface area contributed by atoms with E-state index in [1.807, 2.05) is 6.92 Å². The van der Waals surface area contributed by atoms with Crippen LogP contribution in [-0.4, -0.2) is 60.7 Å². The van der Waals surface area contributed by atoms with Crippen LogP contribution in [-0.2, 0) is 14.8 Å². The Balaban J connectivity index is 1.80. The highest BCUT2D eigenvalue weighted by Gasteiger charge is 2.41. The average molecular weight is 467 g/mol. The molecule has 0 saturated heterocycles. The summed E-state index contributed by atoms with van der Waals surface area (Å²) in [6.07, 6.45) is 1.61. The molecule has 3 N–H and O–H groups in total. The molecule has 3 rings (SSSR count). The molecule has 0 radical (unpaired) electrons. The summed E-state index contributed by atoms with van der Waals surface area (Å²) in [4.78, 5) is 23.8. The minimum Gasteiger partial charge on any atom is -0.344 e. The molecule has 0 spiro atoms. The molecule has 2 atom stereocenters. The number of hydrogen-bond acceptors (Lipinski definition) is 6. The van der Waals surface area contributed by atoms with Crippen molar-refractivity contribution in [2.24, 2.45) is 0 Å². The molecule has 0 fully saturated rings. The Morgan fingerprint density at radius 2 is 2.09 bits per heavy atom.